The number of hydrogen-bond acceptors (Lipinski definition) is 1. The lowest BCUT2D eigenvalue weighted by molar-refractivity contribution is 0.0938. The summed E-state index contributed by atoms with van der Waals surface area (Å²) in [5.41, 5.74) is 5.78. The molecule has 0 aliphatic rings. The van der Waals surface area contributed by atoms with E-state index < -0.39 is 0 Å². The van der Waals surface area contributed by atoms with Crippen LogP contribution < -0.4 is 5.32 Å². The highest BCUT2D eigenvalue weighted by Crippen LogP contribution is 2.26. The predicted molar refractivity (Wildman–Crippen MR) is 109 cm³/mol. The molecule has 1 heterocycles. The zero-order valence-corrected chi connectivity index (χ0v) is 16.2. The zero-order valence-electron chi connectivity index (χ0n) is 16.2. The number of aromatic nitrogens is 1. The first-order valence-electron chi connectivity index (χ1n) is 9.45. The van der Waals surface area contributed by atoms with Gasteiger partial charge in [0.15, 0.2) is 0 Å². The molecule has 0 radical (unpaired) electrons. The summed E-state index contributed by atoms with van der Waals surface area (Å²) in [5, 5.41) is 4.32. The standard InChI is InChI=1S/C23H28N2O/c1-5-25-18(4)17(3)21-15-20(13-14-22(21)25)23(26)24-16(2)11-12-19-9-7-6-8-10-19/h6-10,13-16H,5,11-12H2,1-4H3,(H,24,26)/t16-/m1/s1. The van der Waals surface area contributed by atoms with Crippen LogP contribution in [0.3, 0.4) is 0 Å². The summed E-state index contributed by atoms with van der Waals surface area (Å²) in [4.78, 5) is 12.7. The quantitative estimate of drug-likeness (QED) is 0.666. The average Bonchev–Trinajstić information content (AvgIpc) is 2.90. The summed E-state index contributed by atoms with van der Waals surface area (Å²) in [7, 11) is 0. The third-order valence-electron chi connectivity index (χ3n) is 5.30. The number of carbonyl (C=O) groups excluding carboxylic acids is 1. The lowest BCUT2D eigenvalue weighted by Gasteiger charge is -2.14. The molecule has 0 saturated heterocycles. The number of fused-ring (bicyclic) bond motifs is 1. The van der Waals surface area contributed by atoms with Crippen LogP contribution in [0.25, 0.3) is 10.9 Å². The Morgan fingerprint density at radius 1 is 1.12 bits per heavy atom. The molecule has 0 saturated carbocycles. The maximum absolute atomic E-state index is 12.7. The van der Waals surface area contributed by atoms with E-state index in [4.69, 9.17) is 0 Å². The second-order valence-corrected chi connectivity index (χ2v) is 7.09. The fraction of sp³-hybridized carbons (Fsp3) is 0.348. The van der Waals surface area contributed by atoms with Crippen LogP contribution in [0, 0.1) is 13.8 Å². The highest BCUT2D eigenvalue weighted by molar-refractivity contribution is 5.99. The fourth-order valence-corrected chi connectivity index (χ4v) is 3.61. The molecule has 3 nitrogen and oxygen atoms in total. The van der Waals surface area contributed by atoms with E-state index in [2.05, 4.69) is 67.9 Å². The molecule has 2 aromatic carbocycles. The molecule has 1 atom stereocenters. The number of nitrogens with one attached hydrogen (secondary N) is 1. The second-order valence-electron chi connectivity index (χ2n) is 7.09. The van der Waals surface area contributed by atoms with Crippen molar-refractivity contribution in [2.45, 2.75) is 53.1 Å². The molecule has 3 rings (SSSR count). The summed E-state index contributed by atoms with van der Waals surface area (Å²) in [6.45, 7) is 9.44. The number of aryl methyl sites for hydroxylation is 3. The number of hydrogen-bond donors (Lipinski definition) is 1. The van der Waals surface area contributed by atoms with Gasteiger partial charge in [0.2, 0.25) is 0 Å². The summed E-state index contributed by atoms with van der Waals surface area (Å²) in [6, 6.07) is 16.6. The van der Waals surface area contributed by atoms with E-state index in [9.17, 15) is 4.79 Å². The van der Waals surface area contributed by atoms with Crippen LogP contribution in [-0.4, -0.2) is 16.5 Å². The van der Waals surface area contributed by atoms with Gasteiger partial charge in [-0.1, -0.05) is 30.3 Å². The molecule has 0 fully saturated rings. The topological polar surface area (TPSA) is 34.0 Å². The Labute approximate surface area is 156 Å². The predicted octanol–water partition coefficient (Wildman–Crippen LogP) is 5.03. The van der Waals surface area contributed by atoms with E-state index in [0.29, 0.717) is 0 Å². The van der Waals surface area contributed by atoms with Crippen molar-refractivity contribution in [1.82, 2.24) is 9.88 Å². The van der Waals surface area contributed by atoms with Gasteiger partial charge in [0.05, 0.1) is 0 Å². The molecule has 1 aromatic heterocycles. The number of nitrogens with zero attached hydrogens (tertiary/aromatic N) is 1. The SMILES string of the molecule is CCn1c(C)c(C)c2cc(C(=O)N[C@H](C)CCc3ccccc3)ccc21. The van der Waals surface area contributed by atoms with Gasteiger partial charge in [0.1, 0.15) is 0 Å². The highest BCUT2D eigenvalue weighted by Gasteiger charge is 2.14. The highest BCUT2D eigenvalue weighted by atomic mass is 16.1. The molecule has 0 unspecified atom stereocenters. The van der Waals surface area contributed by atoms with Crippen molar-refractivity contribution in [3.63, 3.8) is 0 Å². The van der Waals surface area contributed by atoms with Crippen LogP contribution in [0.15, 0.2) is 48.5 Å². The van der Waals surface area contributed by atoms with Gasteiger partial charge in [-0.2, -0.15) is 0 Å². The summed E-state index contributed by atoms with van der Waals surface area (Å²) in [6.07, 6.45) is 1.90. The van der Waals surface area contributed by atoms with Gasteiger partial charge < -0.3 is 9.88 Å². The van der Waals surface area contributed by atoms with Crippen LogP contribution in [0.5, 0.6) is 0 Å². The molecule has 1 N–H and O–H groups in total. The Bertz CT molecular complexity index is 909. The van der Waals surface area contributed by atoms with Gasteiger partial charge in [0.25, 0.3) is 5.91 Å². The molecule has 136 valence electrons. The van der Waals surface area contributed by atoms with Crippen molar-refractivity contribution in [2.24, 2.45) is 0 Å². The minimum atomic E-state index is 0.00811. The summed E-state index contributed by atoms with van der Waals surface area (Å²) >= 11 is 0. The van der Waals surface area contributed by atoms with Gasteiger partial charge in [-0.05, 0) is 69.9 Å². The Balaban J connectivity index is 1.70. The lowest BCUT2D eigenvalue weighted by Crippen LogP contribution is -2.32. The van der Waals surface area contributed by atoms with Crippen molar-refractivity contribution in [3.05, 3.63) is 70.9 Å². The first-order valence-corrected chi connectivity index (χ1v) is 9.45. The third-order valence-corrected chi connectivity index (χ3v) is 5.30. The van der Waals surface area contributed by atoms with E-state index in [1.54, 1.807) is 0 Å². The van der Waals surface area contributed by atoms with Crippen molar-refractivity contribution in [1.29, 1.82) is 0 Å². The lowest BCUT2D eigenvalue weighted by atomic mass is 10.1. The molecule has 1 amide bonds. The summed E-state index contributed by atoms with van der Waals surface area (Å²) in [5.74, 6) is 0.00811. The molecular weight excluding hydrogens is 320 g/mol. The Hall–Kier alpha value is -2.55. The summed E-state index contributed by atoms with van der Waals surface area (Å²) < 4.78 is 2.30. The molecule has 0 spiro atoms. The van der Waals surface area contributed by atoms with E-state index in [-0.39, 0.29) is 11.9 Å². The van der Waals surface area contributed by atoms with Crippen LogP contribution in [-0.2, 0) is 13.0 Å². The van der Waals surface area contributed by atoms with Gasteiger partial charge >= 0.3 is 0 Å². The molecule has 3 heteroatoms. The number of amides is 1. The normalized spacial score (nSPS) is 12.3. The second kappa shape index (κ2) is 7.77. The molecule has 3 aromatic rings. The van der Waals surface area contributed by atoms with Crippen molar-refractivity contribution in [3.8, 4) is 0 Å². The van der Waals surface area contributed by atoms with Gasteiger partial charge in [-0.3, -0.25) is 4.79 Å². The van der Waals surface area contributed by atoms with Crippen molar-refractivity contribution in [2.75, 3.05) is 0 Å². The van der Waals surface area contributed by atoms with E-state index in [0.717, 1.165) is 24.9 Å². The number of benzene rings is 2. The molecule has 0 bridgehead atoms. The fourth-order valence-electron chi connectivity index (χ4n) is 3.61. The maximum atomic E-state index is 12.7. The van der Waals surface area contributed by atoms with Crippen LogP contribution >= 0.6 is 0 Å². The molecular formula is C23H28N2O. The Morgan fingerprint density at radius 2 is 1.85 bits per heavy atom. The Morgan fingerprint density at radius 3 is 2.54 bits per heavy atom. The van der Waals surface area contributed by atoms with Crippen LogP contribution in [0.4, 0.5) is 0 Å². The van der Waals surface area contributed by atoms with Gasteiger partial charge in [-0.25, -0.2) is 0 Å². The molecule has 0 aliphatic carbocycles. The molecule has 26 heavy (non-hydrogen) atoms. The minimum Gasteiger partial charge on any atom is -0.350 e. The number of carbonyl (C=O) groups is 1. The molecule has 0 aliphatic heterocycles. The first-order chi connectivity index (χ1) is 12.5. The minimum absolute atomic E-state index is 0.00811. The average molecular weight is 348 g/mol. The zero-order chi connectivity index (χ0) is 18.7. The van der Waals surface area contributed by atoms with Crippen LogP contribution in [0.2, 0.25) is 0 Å². The Kier molecular flexibility index (Phi) is 5.46. The van der Waals surface area contributed by atoms with E-state index in [1.807, 2.05) is 18.2 Å². The van der Waals surface area contributed by atoms with Crippen molar-refractivity contribution >= 4 is 16.8 Å². The third kappa shape index (κ3) is 3.67. The first kappa shape index (κ1) is 18.2. The van der Waals surface area contributed by atoms with Crippen LogP contribution in [0.1, 0.15) is 47.4 Å². The monoisotopic (exact) mass is 348 g/mol. The van der Waals surface area contributed by atoms with E-state index in [1.165, 1.54) is 27.7 Å². The van der Waals surface area contributed by atoms with Gasteiger partial charge in [-0.15, -0.1) is 0 Å². The maximum Gasteiger partial charge on any atom is 0.251 e. The van der Waals surface area contributed by atoms with E-state index >= 15 is 0 Å². The van der Waals surface area contributed by atoms with Gasteiger partial charge in [0, 0.05) is 34.7 Å². The van der Waals surface area contributed by atoms with Crippen molar-refractivity contribution < 1.29 is 4.79 Å². The smallest absolute Gasteiger partial charge is 0.251 e. The largest absolute Gasteiger partial charge is 0.350 e. The number of rotatable bonds is 6.